The van der Waals surface area contributed by atoms with Crippen LogP contribution in [-0.4, -0.2) is 29.1 Å². The fourth-order valence-electron chi connectivity index (χ4n) is 2.83. The van der Waals surface area contributed by atoms with Gasteiger partial charge in [0.15, 0.2) is 5.82 Å². The van der Waals surface area contributed by atoms with E-state index in [9.17, 15) is 13.6 Å². The van der Waals surface area contributed by atoms with E-state index in [1.807, 2.05) is 0 Å². The van der Waals surface area contributed by atoms with Crippen LogP contribution in [0.2, 0.25) is 0 Å². The Kier molecular flexibility index (Phi) is 3.72. The zero-order valence-electron chi connectivity index (χ0n) is 12.2. The molecule has 1 fully saturated rings. The summed E-state index contributed by atoms with van der Waals surface area (Å²) in [4.78, 5) is 12.2. The molecule has 0 spiro atoms. The zero-order valence-corrected chi connectivity index (χ0v) is 12.2. The Morgan fingerprint density at radius 2 is 2.32 bits per heavy atom. The minimum atomic E-state index is -2.75. The maximum atomic E-state index is 13.4. The fourth-order valence-corrected chi connectivity index (χ4v) is 2.83. The largest absolute Gasteiger partial charge is 0.497 e. The van der Waals surface area contributed by atoms with Crippen LogP contribution >= 0.6 is 0 Å². The van der Waals surface area contributed by atoms with E-state index in [0.29, 0.717) is 29.8 Å². The molecule has 1 aliphatic rings. The zero-order chi connectivity index (χ0) is 15.7. The van der Waals surface area contributed by atoms with Gasteiger partial charge in [-0.1, -0.05) is 0 Å². The molecule has 22 heavy (non-hydrogen) atoms. The summed E-state index contributed by atoms with van der Waals surface area (Å²) in [5.74, 6) is -2.87. The SMILES string of the molecule is COc1ccc2[nH]nc(NC(=O)C3CCCC(F)(F)C3)c2c1. The number of methoxy groups -OCH3 is 1. The summed E-state index contributed by atoms with van der Waals surface area (Å²) in [6, 6.07) is 5.29. The number of alkyl halides is 2. The van der Waals surface area contributed by atoms with E-state index in [4.69, 9.17) is 4.74 Å². The molecule has 1 saturated carbocycles. The van der Waals surface area contributed by atoms with Crippen molar-refractivity contribution in [1.29, 1.82) is 0 Å². The van der Waals surface area contributed by atoms with Crippen molar-refractivity contribution in [3.8, 4) is 5.75 Å². The van der Waals surface area contributed by atoms with Crippen LogP contribution in [-0.2, 0) is 4.79 Å². The second kappa shape index (κ2) is 5.55. The Labute approximate surface area is 126 Å². The summed E-state index contributed by atoms with van der Waals surface area (Å²) in [6.45, 7) is 0. The standard InChI is InChI=1S/C15H17F2N3O2/c1-22-10-4-5-12-11(7-10)13(20-19-12)18-14(21)9-3-2-6-15(16,17)8-9/h4-5,7,9H,2-3,6,8H2,1H3,(H2,18,19,20,21). The number of carbonyl (C=O) groups excluding carboxylic acids is 1. The number of hydrogen-bond acceptors (Lipinski definition) is 3. The number of halogens is 2. The number of aromatic amines is 1. The van der Waals surface area contributed by atoms with Crippen molar-refractivity contribution in [1.82, 2.24) is 10.2 Å². The quantitative estimate of drug-likeness (QED) is 0.914. The van der Waals surface area contributed by atoms with Crippen LogP contribution in [0.4, 0.5) is 14.6 Å². The van der Waals surface area contributed by atoms with E-state index in [1.54, 1.807) is 25.3 Å². The van der Waals surface area contributed by atoms with E-state index >= 15 is 0 Å². The number of ether oxygens (including phenoxy) is 1. The lowest BCUT2D eigenvalue weighted by Gasteiger charge is -2.27. The van der Waals surface area contributed by atoms with E-state index in [0.717, 1.165) is 5.52 Å². The molecular formula is C15H17F2N3O2. The minimum absolute atomic E-state index is 0.140. The molecule has 3 rings (SSSR count). The highest BCUT2D eigenvalue weighted by Gasteiger charge is 2.39. The number of carbonyl (C=O) groups is 1. The molecular weight excluding hydrogens is 292 g/mol. The molecule has 1 amide bonds. The van der Waals surface area contributed by atoms with Gasteiger partial charge in [0.2, 0.25) is 11.8 Å². The Balaban J connectivity index is 1.79. The third-order valence-electron chi connectivity index (χ3n) is 4.02. The number of fused-ring (bicyclic) bond motifs is 1. The number of hydrogen-bond donors (Lipinski definition) is 2. The molecule has 0 aliphatic heterocycles. The normalized spacial score (nSPS) is 20.8. The Morgan fingerprint density at radius 1 is 1.50 bits per heavy atom. The number of aromatic nitrogens is 2. The molecule has 2 aromatic rings. The van der Waals surface area contributed by atoms with E-state index in [2.05, 4.69) is 15.5 Å². The van der Waals surface area contributed by atoms with Gasteiger partial charge in [-0.25, -0.2) is 8.78 Å². The number of rotatable bonds is 3. The summed E-state index contributed by atoms with van der Waals surface area (Å²) in [5, 5.41) is 10.2. The van der Waals surface area contributed by atoms with Gasteiger partial charge in [0.25, 0.3) is 0 Å². The molecule has 1 aromatic carbocycles. The number of H-pyrrole nitrogens is 1. The van der Waals surface area contributed by atoms with Crippen LogP contribution in [0, 0.1) is 5.92 Å². The molecule has 0 radical (unpaired) electrons. The Morgan fingerprint density at radius 3 is 3.05 bits per heavy atom. The Hall–Kier alpha value is -2.18. The summed E-state index contributed by atoms with van der Waals surface area (Å²) in [6.07, 6.45) is 0.303. The van der Waals surface area contributed by atoms with Crippen LogP contribution in [0.1, 0.15) is 25.7 Å². The summed E-state index contributed by atoms with van der Waals surface area (Å²) in [5.41, 5.74) is 0.741. The molecule has 7 heteroatoms. The van der Waals surface area contributed by atoms with Crippen molar-refractivity contribution >= 4 is 22.6 Å². The lowest BCUT2D eigenvalue weighted by atomic mass is 9.86. The number of anilines is 1. The van der Waals surface area contributed by atoms with Gasteiger partial charge in [-0.15, -0.1) is 0 Å². The number of amides is 1. The van der Waals surface area contributed by atoms with Gasteiger partial charge < -0.3 is 10.1 Å². The predicted octanol–water partition coefficient (Wildman–Crippen LogP) is 3.34. The summed E-state index contributed by atoms with van der Waals surface area (Å²) < 4.78 is 32.0. The molecule has 0 saturated heterocycles. The average molecular weight is 309 g/mol. The molecule has 1 aliphatic carbocycles. The van der Waals surface area contributed by atoms with Gasteiger partial charge in [-0.3, -0.25) is 9.89 Å². The van der Waals surface area contributed by atoms with E-state index in [1.165, 1.54) is 0 Å². The minimum Gasteiger partial charge on any atom is -0.497 e. The second-order valence-electron chi connectivity index (χ2n) is 5.62. The molecule has 0 bridgehead atoms. The molecule has 1 heterocycles. The van der Waals surface area contributed by atoms with Crippen LogP contribution < -0.4 is 10.1 Å². The van der Waals surface area contributed by atoms with E-state index in [-0.39, 0.29) is 6.42 Å². The maximum absolute atomic E-state index is 13.4. The smallest absolute Gasteiger partial charge is 0.248 e. The maximum Gasteiger partial charge on any atom is 0.248 e. The van der Waals surface area contributed by atoms with Gasteiger partial charge in [0, 0.05) is 24.1 Å². The van der Waals surface area contributed by atoms with Gasteiger partial charge in [0.05, 0.1) is 12.6 Å². The average Bonchev–Trinajstić information content (AvgIpc) is 2.88. The van der Waals surface area contributed by atoms with Gasteiger partial charge in [-0.2, -0.15) is 5.10 Å². The van der Waals surface area contributed by atoms with Crippen LogP contribution in [0.3, 0.4) is 0 Å². The van der Waals surface area contributed by atoms with Crippen molar-refractivity contribution in [3.63, 3.8) is 0 Å². The van der Waals surface area contributed by atoms with Crippen molar-refractivity contribution in [2.24, 2.45) is 5.92 Å². The third-order valence-corrected chi connectivity index (χ3v) is 4.02. The first-order valence-corrected chi connectivity index (χ1v) is 7.19. The highest BCUT2D eigenvalue weighted by molar-refractivity contribution is 6.00. The number of nitrogens with one attached hydrogen (secondary N) is 2. The van der Waals surface area contributed by atoms with Crippen molar-refractivity contribution in [2.75, 3.05) is 12.4 Å². The highest BCUT2D eigenvalue weighted by atomic mass is 19.3. The highest BCUT2D eigenvalue weighted by Crippen LogP contribution is 2.37. The molecule has 118 valence electrons. The van der Waals surface area contributed by atoms with Gasteiger partial charge in [0.1, 0.15) is 5.75 Å². The third kappa shape index (κ3) is 2.88. The first-order chi connectivity index (χ1) is 10.5. The topological polar surface area (TPSA) is 67.0 Å². The van der Waals surface area contributed by atoms with Crippen molar-refractivity contribution < 1.29 is 18.3 Å². The molecule has 1 unspecified atom stereocenters. The monoisotopic (exact) mass is 309 g/mol. The van der Waals surface area contributed by atoms with Crippen LogP contribution in [0.5, 0.6) is 5.75 Å². The fraction of sp³-hybridized carbons (Fsp3) is 0.467. The predicted molar refractivity (Wildman–Crippen MR) is 78.2 cm³/mol. The lowest BCUT2D eigenvalue weighted by Crippen LogP contribution is -2.33. The van der Waals surface area contributed by atoms with Crippen molar-refractivity contribution in [2.45, 2.75) is 31.6 Å². The van der Waals surface area contributed by atoms with Gasteiger partial charge in [-0.05, 0) is 31.0 Å². The summed E-state index contributed by atoms with van der Waals surface area (Å²) >= 11 is 0. The number of benzene rings is 1. The second-order valence-corrected chi connectivity index (χ2v) is 5.62. The van der Waals surface area contributed by atoms with Crippen molar-refractivity contribution in [3.05, 3.63) is 18.2 Å². The molecule has 1 aromatic heterocycles. The molecule has 1 atom stereocenters. The van der Waals surface area contributed by atoms with Gasteiger partial charge >= 0.3 is 0 Å². The molecule has 2 N–H and O–H groups in total. The molecule has 5 nitrogen and oxygen atoms in total. The number of nitrogens with zero attached hydrogens (tertiary/aromatic N) is 1. The first-order valence-electron chi connectivity index (χ1n) is 7.19. The Bertz CT molecular complexity index is 699. The van der Waals surface area contributed by atoms with Crippen LogP contribution in [0.25, 0.3) is 10.9 Å². The van der Waals surface area contributed by atoms with Crippen LogP contribution in [0.15, 0.2) is 18.2 Å². The lowest BCUT2D eigenvalue weighted by molar-refractivity contribution is -0.127. The summed E-state index contributed by atoms with van der Waals surface area (Å²) in [7, 11) is 1.55. The first kappa shape index (κ1) is 14.7. The van der Waals surface area contributed by atoms with E-state index < -0.39 is 24.2 Å².